The molecule has 38 heavy (non-hydrogen) atoms. The second kappa shape index (κ2) is 12.2. The van der Waals surface area contributed by atoms with Crippen molar-refractivity contribution in [1.82, 2.24) is 15.3 Å². The summed E-state index contributed by atoms with van der Waals surface area (Å²) in [6, 6.07) is 6.68. The highest BCUT2D eigenvalue weighted by Gasteiger charge is 2.40. The van der Waals surface area contributed by atoms with Crippen LogP contribution in [0.15, 0.2) is 24.4 Å². The summed E-state index contributed by atoms with van der Waals surface area (Å²) in [4.78, 5) is 9.67. The fourth-order valence-electron chi connectivity index (χ4n) is 5.73. The number of hydrogen-bond donors (Lipinski definition) is 3. The Morgan fingerprint density at radius 3 is 2.47 bits per heavy atom. The Hall–Kier alpha value is -2.43. The minimum Gasteiger partial charge on any atom is -0.381 e. The van der Waals surface area contributed by atoms with Gasteiger partial charge in [0, 0.05) is 57.3 Å². The van der Waals surface area contributed by atoms with Crippen LogP contribution in [-0.4, -0.2) is 67.7 Å². The van der Waals surface area contributed by atoms with Crippen molar-refractivity contribution in [1.29, 1.82) is 0 Å². The van der Waals surface area contributed by atoms with Gasteiger partial charge in [0.25, 0.3) is 0 Å². The predicted octanol–water partition coefficient (Wildman–Crippen LogP) is 4.97. The maximum atomic E-state index is 12.9. The SMILES string of the molecule is CO[C@H](CNC1CCC(Nc2cc3c(cn2)CCc2ccc(NCC4CCOCC4)nc2-3)CC1)C(F)(F)F. The van der Waals surface area contributed by atoms with E-state index in [1.54, 1.807) is 0 Å². The molecule has 0 aromatic carbocycles. The van der Waals surface area contributed by atoms with Crippen molar-refractivity contribution in [2.45, 2.75) is 75.7 Å². The number of hydrogen-bond acceptors (Lipinski definition) is 7. The summed E-state index contributed by atoms with van der Waals surface area (Å²) in [6.45, 7) is 2.37. The van der Waals surface area contributed by atoms with E-state index in [1.807, 2.05) is 6.20 Å². The highest BCUT2D eigenvalue weighted by Crippen LogP contribution is 2.35. The van der Waals surface area contributed by atoms with Gasteiger partial charge in [-0.25, -0.2) is 9.97 Å². The molecule has 0 radical (unpaired) electrons. The van der Waals surface area contributed by atoms with Crippen LogP contribution in [0.3, 0.4) is 0 Å². The van der Waals surface area contributed by atoms with Crippen molar-refractivity contribution >= 4 is 11.6 Å². The maximum Gasteiger partial charge on any atom is 0.415 e. The van der Waals surface area contributed by atoms with Crippen LogP contribution in [0, 0.1) is 5.92 Å². The molecule has 0 spiro atoms. The molecular formula is C28H38F3N5O2. The number of pyridine rings is 2. The van der Waals surface area contributed by atoms with Gasteiger partial charge in [-0.15, -0.1) is 0 Å². The lowest BCUT2D eigenvalue weighted by Gasteiger charge is -2.31. The Bertz CT molecular complexity index is 1070. The number of nitrogens with one attached hydrogen (secondary N) is 3. The van der Waals surface area contributed by atoms with Gasteiger partial charge in [-0.3, -0.25) is 0 Å². The number of anilines is 2. The molecule has 5 rings (SSSR count). The number of halogens is 3. The molecule has 3 aliphatic rings. The molecular weight excluding hydrogens is 495 g/mol. The average Bonchev–Trinajstić information content (AvgIpc) is 2.93. The molecule has 2 aliphatic carbocycles. The number of aromatic nitrogens is 2. The average molecular weight is 534 g/mol. The van der Waals surface area contributed by atoms with Crippen molar-refractivity contribution in [2.24, 2.45) is 5.92 Å². The van der Waals surface area contributed by atoms with Crippen molar-refractivity contribution < 1.29 is 22.6 Å². The molecule has 0 unspecified atom stereocenters. The maximum absolute atomic E-state index is 12.9. The molecule has 1 saturated carbocycles. The molecule has 2 fully saturated rings. The smallest absolute Gasteiger partial charge is 0.381 e. The van der Waals surface area contributed by atoms with E-state index < -0.39 is 12.3 Å². The van der Waals surface area contributed by atoms with Crippen LogP contribution in [0.25, 0.3) is 11.3 Å². The Kier molecular flexibility index (Phi) is 8.70. The van der Waals surface area contributed by atoms with Gasteiger partial charge in [-0.05, 0) is 80.5 Å². The lowest BCUT2D eigenvalue weighted by molar-refractivity contribution is -0.211. The van der Waals surface area contributed by atoms with Crippen LogP contribution in [-0.2, 0) is 22.3 Å². The topological polar surface area (TPSA) is 80.3 Å². The summed E-state index contributed by atoms with van der Waals surface area (Å²) in [6.07, 6.45) is 3.27. The fraction of sp³-hybridized carbons (Fsp3) is 0.643. The number of fused-ring (bicyclic) bond motifs is 3. The third-order valence-corrected chi connectivity index (χ3v) is 8.12. The number of methoxy groups -OCH3 is 1. The molecule has 1 atom stereocenters. The first-order valence-corrected chi connectivity index (χ1v) is 13.8. The zero-order chi connectivity index (χ0) is 26.5. The van der Waals surface area contributed by atoms with Gasteiger partial charge >= 0.3 is 6.18 Å². The van der Waals surface area contributed by atoms with Crippen molar-refractivity contribution in [2.75, 3.05) is 44.0 Å². The molecule has 208 valence electrons. The van der Waals surface area contributed by atoms with Crippen LogP contribution in [0.4, 0.5) is 24.8 Å². The predicted molar refractivity (Wildman–Crippen MR) is 141 cm³/mol. The summed E-state index contributed by atoms with van der Waals surface area (Å²) in [7, 11) is 1.10. The minimum atomic E-state index is -4.35. The van der Waals surface area contributed by atoms with E-state index in [-0.39, 0.29) is 18.6 Å². The summed E-state index contributed by atoms with van der Waals surface area (Å²) in [5.41, 5.74) is 4.62. The first kappa shape index (κ1) is 27.1. The largest absolute Gasteiger partial charge is 0.415 e. The van der Waals surface area contributed by atoms with E-state index in [0.717, 1.165) is 101 Å². The Balaban J connectivity index is 1.18. The number of aryl methyl sites for hydroxylation is 2. The van der Waals surface area contributed by atoms with Crippen LogP contribution >= 0.6 is 0 Å². The summed E-state index contributed by atoms with van der Waals surface area (Å²) >= 11 is 0. The lowest BCUT2D eigenvalue weighted by atomic mass is 9.89. The highest BCUT2D eigenvalue weighted by atomic mass is 19.4. The van der Waals surface area contributed by atoms with Gasteiger partial charge in [0.2, 0.25) is 0 Å². The van der Waals surface area contributed by atoms with Gasteiger partial charge < -0.3 is 25.4 Å². The van der Waals surface area contributed by atoms with Gasteiger partial charge in [0.15, 0.2) is 6.10 Å². The molecule has 7 nitrogen and oxygen atoms in total. The first-order valence-electron chi connectivity index (χ1n) is 13.8. The normalized spacial score (nSPS) is 22.8. The monoisotopic (exact) mass is 533 g/mol. The van der Waals surface area contributed by atoms with E-state index in [2.05, 4.69) is 43.9 Å². The molecule has 0 amide bonds. The fourth-order valence-corrected chi connectivity index (χ4v) is 5.73. The second-order valence-electron chi connectivity index (χ2n) is 10.7. The van der Waals surface area contributed by atoms with Crippen molar-refractivity contribution in [3.8, 4) is 11.3 Å². The van der Waals surface area contributed by atoms with Gasteiger partial charge in [0.05, 0.1) is 5.69 Å². The molecule has 1 aliphatic heterocycles. The lowest BCUT2D eigenvalue weighted by Crippen LogP contribution is -2.45. The number of ether oxygens (including phenoxy) is 2. The second-order valence-corrected chi connectivity index (χ2v) is 10.7. The van der Waals surface area contributed by atoms with Crippen molar-refractivity contribution in [3.63, 3.8) is 0 Å². The Morgan fingerprint density at radius 1 is 1.00 bits per heavy atom. The van der Waals surface area contributed by atoms with Crippen LogP contribution in [0.1, 0.15) is 49.7 Å². The van der Waals surface area contributed by atoms with Crippen LogP contribution < -0.4 is 16.0 Å². The third-order valence-electron chi connectivity index (χ3n) is 8.12. The van der Waals surface area contributed by atoms with Crippen LogP contribution in [0.5, 0.6) is 0 Å². The molecule has 0 bridgehead atoms. The molecule has 3 N–H and O–H groups in total. The van der Waals surface area contributed by atoms with Crippen LogP contribution in [0.2, 0.25) is 0 Å². The van der Waals surface area contributed by atoms with E-state index in [1.165, 1.54) is 11.1 Å². The van der Waals surface area contributed by atoms with Gasteiger partial charge in [-0.1, -0.05) is 6.07 Å². The molecule has 1 saturated heterocycles. The number of alkyl halides is 3. The van der Waals surface area contributed by atoms with E-state index >= 15 is 0 Å². The molecule has 10 heteroatoms. The molecule has 3 heterocycles. The van der Waals surface area contributed by atoms with E-state index in [9.17, 15) is 13.2 Å². The molecule has 2 aromatic rings. The van der Waals surface area contributed by atoms with Gasteiger partial charge in [0.1, 0.15) is 11.6 Å². The summed E-state index contributed by atoms with van der Waals surface area (Å²) in [5.74, 6) is 2.35. The van der Waals surface area contributed by atoms with Crippen molar-refractivity contribution in [3.05, 3.63) is 35.5 Å². The first-order chi connectivity index (χ1) is 18.4. The standard InChI is InChI=1S/C28H38F3N5O2/c1-37-24(28(29,30)31)17-32-21-5-7-22(8-6-21)35-26-14-23-20(16-34-26)3-2-19-4-9-25(36-27(19)23)33-15-18-10-12-38-13-11-18/h4,9,14,16,18,21-22,24,32H,2-3,5-8,10-13,15,17H2,1H3,(H,33,36)(H,34,35)/t21?,22?,24-/m1/s1. The molecule has 2 aromatic heterocycles. The Labute approximate surface area is 222 Å². The summed E-state index contributed by atoms with van der Waals surface area (Å²) < 4.78 is 48.9. The van der Waals surface area contributed by atoms with E-state index in [4.69, 9.17) is 9.72 Å². The quantitative estimate of drug-likeness (QED) is 0.420. The summed E-state index contributed by atoms with van der Waals surface area (Å²) in [5, 5.41) is 10.1. The number of nitrogens with zero attached hydrogens (tertiary/aromatic N) is 2. The highest BCUT2D eigenvalue weighted by molar-refractivity contribution is 5.73. The Morgan fingerprint density at radius 2 is 1.74 bits per heavy atom. The zero-order valence-corrected chi connectivity index (χ0v) is 21.9. The third kappa shape index (κ3) is 6.76. The van der Waals surface area contributed by atoms with E-state index in [0.29, 0.717) is 5.92 Å². The zero-order valence-electron chi connectivity index (χ0n) is 21.9. The number of rotatable bonds is 9. The van der Waals surface area contributed by atoms with Gasteiger partial charge in [-0.2, -0.15) is 13.2 Å². The minimum absolute atomic E-state index is 0.0627.